The van der Waals surface area contributed by atoms with Gasteiger partial charge in [-0.3, -0.25) is 18.7 Å². The molecular formula is C20H21ClN4O4. The first kappa shape index (κ1) is 20.6. The fourth-order valence-electron chi connectivity index (χ4n) is 2.96. The van der Waals surface area contributed by atoms with E-state index < -0.39 is 18.0 Å². The van der Waals surface area contributed by atoms with Gasteiger partial charge in [-0.15, -0.1) is 0 Å². The number of ether oxygens (including phenoxy) is 1. The van der Waals surface area contributed by atoms with Gasteiger partial charge in [-0.05, 0) is 37.6 Å². The van der Waals surface area contributed by atoms with Crippen LogP contribution in [-0.4, -0.2) is 32.1 Å². The van der Waals surface area contributed by atoms with Crippen molar-refractivity contribution in [2.45, 2.75) is 39.5 Å². The molecule has 0 radical (unpaired) electrons. The predicted molar refractivity (Wildman–Crippen MR) is 110 cm³/mol. The van der Waals surface area contributed by atoms with Crippen molar-refractivity contribution in [3.05, 3.63) is 58.1 Å². The van der Waals surface area contributed by atoms with Gasteiger partial charge in [0.2, 0.25) is 0 Å². The number of nitrogens with zero attached hydrogens (tertiary/aromatic N) is 3. The molecule has 0 saturated carbocycles. The maximum Gasteiger partial charge on any atom is 0.329 e. The van der Waals surface area contributed by atoms with Crippen LogP contribution in [0.25, 0.3) is 11.0 Å². The number of esters is 1. The molecule has 0 fully saturated rings. The van der Waals surface area contributed by atoms with E-state index in [0.29, 0.717) is 22.9 Å². The van der Waals surface area contributed by atoms with Gasteiger partial charge in [0.15, 0.2) is 6.10 Å². The number of imidazole rings is 1. The molecule has 29 heavy (non-hydrogen) atoms. The van der Waals surface area contributed by atoms with Crippen molar-refractivity contribution in [3.8, 4) is 0 Å². The molecule has 3 rings (SSSR count). The van der Waals surface area contributed by atoms with E-state index in [1.807, 2.05) is 19.1 Å². The summed E-state index contributed by atoms with van der Waals surface area (Å²) in [5.41, 5.74) is 1.12. The van der Waals surface area contributed by atoms with Crippen LogP contribution in [0.3, 0.4) is 0 Å². The van der Waals surface area contributed by atoms with E-state index in [4.69, 9.17) is 16.3 Å². The number of anilines is 1. The summed E-state index contributed by atoms with van der Waals surface area (Å²) in [5.74, 6) is -0.923. The maximum absolute atomic E-state index is 12.7. The fraction of sp³-hybridized carbons (Fsp3) is 0.300. The second-order valence-electron chi connectivity index (χ2n) is 6.49. The number of aromatic nitrogens is 3. The molecule has 0 aliphatic heterocycles. The molecule has 3 aromatic rings. The Morgan fingerprint density at radius 1 is 1.17 bits per heavy atom. The van der Waals surface area contributed by atoms with Crippen molar-refractivity contribution in [2.75, 3.05) is 5.32 Å². The van der Waals surface area contributed by atoms with Gasteiger partial charge >= 0.3 is 11.7 Å². The standard InChI is InChI=1S/C20H21ClN4O4/c1-3-10-24-15-6-4-5-7-16(15)25(20(24)28)12-18(26)29-13(2)19(27)23-17-9-8-14(21)11-22-17/h4-9,11,13H,3,10,12H2,1-2H3,(H,22,23,27). The Morgan fingerprint density at radius 3 is 2.48 bits per heavy atom. The molecule has 152 valence electrons. The minimum Gasteiger partial charge on any atom is -0.451 e. The molecule has 1 aromatic carbocycles. The molecule has 2 heterocycles. The number of carbonyl (C=O) groups excluding carboxylic acids is 2. The van der Waals surface area contributed by atoms with E-state index in [-0.39, 0.29) is 12.2 Å². The summed E-state index contributed by atoms with van der Waals surface area (Å²) >= 11 is 5.76. The Balaban J connectivity index is 1.70. The first-order chi connectivity index (χ1) is 13.9. The van der Waals surface area contributed by atoms with Crippen molar-refractivity contribution in [1.29, 1.82) is 0 Å². The molecule has 1 atom stereocenters. The number of aryl methyl sites for hydroxylation is 1. The lowest BCUT2D eigenvalue weighted by Crippen LogP contribution is -2.33. The number of amides is 1. The number of halogens is 1. The highest BCUT2D eigenvalue weighted by molar-refractivity contribution is 6.30. The second kappa shape index (κ2) is 8.91. The van der Waals surface area contributed by atoms with Crippen molar-refractivity contribution < 1.29 is 14.3 Å². The molecule has 0 spiro atoms. The zero-order valence-corrected chi connectivity index (χ0v) is 16.8. The van der Waals surface area contributed by atoms with Gasteiger partial charge in [-0.25, -0.2) is 9.78 Å². The highest BCUT2D eigenvalue weighted by Gasteiger charge is 2.21. The molecule has 1 N–H and O–H groups in total. The van der Waals surface area contributed by atoms with Crippen molar-refractivity contribution in [3.63, 3.8) is 0 Å². The minimum atomic E-state index is -1.06. The average molecular weight is 417 g/mol. The van der Waals surface area contributed by atoms with Gasteiger partial charge in [0, 0.05) is 12.7 Å². The number of carbonyl (C=O) groups is 2. The Morgan fingerprint density at radius 2 is 1.86 bits per heavy atom. The number of nitrogens with one attached hydrogen (secondary N) is 1. The lowest BCUT2D eigenvalue weighted by Gasteiger charge is -2.13. The van der Waals surface area contributed by atoms with E-state index in [0.717, 1.165) is 11.9 Å². The summed E-state index contributed by atoms with van der Waals surface area (Å²) in [6, 6.07) is 10.4. The zero-order chi connectivity index (χ0) is 21.0. The summed E-state index contributed by atoms with van der Waals surface area (Å²) in [7, 11) is 0. The van der Waals surface area contributed by atoms with Gasteiger partial charge in [-0.2, -0.15) is 0 Å². The molecule has 0 saturated heterocycles. The van der Waals surface area contributed by atoms with Crippen molar-refractivity contribution in [2.24, 2.45) is 0 Å². The number of fused-ring (bicyclic) bond motifs is 1. The van der Waals surface area contributed by atoms with E-state index in [1.54, 1.807) is 22.8 Å². The monoisotopic (exact) mass is 416 g/mol. The summed E-state index contributed by atoms with van der Waals surface area (Å²) in [4.78, 5) is 41.3. The highest BCUT2D eigenvalue weighted by Crippen LogP contribution is 2.14. The van der Waals surface area contributed by atoms with Gasteiger partial charge in [0.1, 0.15) is 12.4 Å². The Bertz CT molecular complexity index is 1090. The maximum atomic E-state index is 12.7. The third-order valence-electron chi connectivity index (χ3n) is 4.32. The van der Waals surface area contributed by atoms with E-state index in [1.165, 1.54) is 23.8 Å². The van der Waals surface area contributed by atoms with E-state index >= 15 is 0 Å². The number of rotatable bonds is 7. The lowest BCUT2D eigenvalue weighted by molar-refractivity contribution is -0.153. The summed E-state index contributed by atoms with van der Waals surface area (Å²) in [6.07, 6.45) is 1.13. The van der Waals surface area contributed by atoms with Gasteiger partial charge < -0.3 is 10.1 Å². The molecule has 0 bridgehead atoms. The average Bonchev–Trinajstić information content (AvgIpc) is 2.96. The predicted octanol–water partition coefficient (Wildman–Crippen LogP) is 2.83. The highest BCUT2D eigenvalue weighted by atomic mass is 35.5. The van der Waals surface area contributed by atoms with E-state index in [9.17, 15) is 14.4 Å². The molecule has 1 unspecified atom stereocenters. The summed E-state index contributed by atoms with van der Waals surface area (Å²) < 4.78 is 8.20. The normalized spacial score (nSPS) is 12.0. The smallest absolute Gasteiger partial charge is 0.329 e. The zero-order valence-electron chi connectivity index (χ0n) is 16.1. The van der Waals surface area contributed by atoms with Gasteiger partial charge in [0.25, 0.3) is 5.91 Å². The molecular weight excluding hydrogens is 396 g/mol. The molecule has 8 nitrogen and oxygen atoms in total. The summed E-state index contributed by atoms with van der Waals surface area (Å²) in [6.45, 7) is 3.69. The van der Waals surface area contributed by atoms with Gasteiger partial charge in [0.05, 0.1) is 16.1 Å². The first-order valence-corrected chi connectivity index (χ1v) is 9.58. The first-order valence-electron chi connectivity index (χ1n) is 9.20. The fourth-order valence-corrected chi connectivity index (χ4v) is 3.07. The van der Waals surface area contributed by atoms with Crippen LogP contribution in [0.15, 0.2) is 47.4 Å². The third kappa shape index (κ3) is 4.65. The molecule has 0 aliphatic carbocycles. The Kier molecular flexibility index (Phi) is 6.33. The number of para-hydroxylation sites is 2. The molecule has 2 aromatic heterocycles. The van der Waals surface area contributed by atoms with Crippen molar-refractivity contribution >= 4 is 40.3 Å². The van der Waals surface area contributed by atoms with Crippen LogP contribution in [0.1, 0.15) is 20.3 Å². The number of hydrogen-bond donors (Lipinski definition) is 1. The summed E-state index contributed by atoms with van der Waals surface area (Å²) in [5, 5.41) is 2.98. The topological polar surface area (TPSA) is 95.2 Å². The van der Waals surface area contributed by atoms with Crippen LogP contribution >= 0.6 is 11.6 Å². The van der Waals surface area contributed by atoms with E-state index in [2.05, 4.69) is 10.3 Å². The van der Waals surface area contributed by atoms with Crippen LogP contribution in [0.2, 0.25) is 5.02 Å². The van der Waals surface area contributed by atoms with Crippen molar-refractivity contribution in [1.82, 2.24) is 14.1 Å². The molecule has 0 aliphatic rings. The Hall–Kier alpha value is -3.13. The SMILES string of the molecule is CCCn1c(=O)n(CC(=O)OC(C)C(=O)Nc2ccc(Cl)cn2)c2ccccc21. The van der Waals surface area contributed by atoms with Crippen LogP contribution < -0.4 is 11.0 Å². The van der Waals surface area contributed by atoms with Crippen LogP contribution in [0, 0.1) is 0 Å². The minimum absolute atomic E-state index is 0.285. The number of benzene rings is 1. The van der Waals surface area contributed by atoms with Crippen LogP contribution in [0.5, 0.6) is 0 Å². The Labute approximate surface area is 172 Å². The molecule has 1 amide bonds. The second-order valence-corrected chi connectivity index (χ2v) is 6.93. The van der Waals surface area contributed by atoms with Crippen LogP contribution in [0.4, 0.5) is 5.82 Å². The number of pyridine rings is 1. The lowest BCUT2D eigenvalue weighted by atomic mass is 10.3. The third-order valence-corrected chi connectivity index (χ3v) is 4.54. The molecule has 9 heteroatoms. The van der Waals surface area contributed by atoms with Gasteiger partial charge in [-0.1, -0.05) is 30.7 Å². The quantitative estimate of drug-likeness (QED) is 0.597. The largest absolute Gasteiger partial charge is 0.451 e. The van der Waals surface area contributed by atoms with Crippen LogP contribution in [-0.2, 0) is 27.4 Å². The number of hydrogen-bond acceptors (Lipinski definition) is 5.